The maximum Gasteiger partial charge on any atom is 0.263 e. The molecule has 0 amide bonds. The van der Waals surface area contributed by atoms with Crippen molar-refractivity contribution in [3.8, 4) is 0 Å². The number of anilines is 1. The Balaban J connectivity index is 1.63. The van der Waals surface area contributed by atoms with E-state index in [1.165, 1.54) is 0 Å². The lowest BCUT2D eigenvalue weighted by Crippen LogP contribution is -2.23. The highest BCUT2D eigenvalue weighted by Gasteiger charge is 2.34. The number of nitrogens with zero attached hydrogens (tertiary/aromatic N) is 5. The second-order valence-electron chi connectivity index (χ2n) is 6.41. The van der Waals surface area contributed by atoms with Crippen LogP contribution in [0.3, 0.4) is 0 Å². The highest BCUT2D eigenvalue weighted by molar-refractivity contribution is 5.88. The predicted octanol–water partition coefficient (Wildman–Crippen LogP) is 1.57. The molecule has 2 atom stereocenters. The van der Waals surface area contributed by atoms with Crippen LogP contribution in [0.25, 0.3) is 11.1 Å². The van der Waals surface area contributed by atoms with Crippen molar-refractivity contribution in [2.45, 2.75) is 33.3 Å². The minimum atomic E-state index is -0.458. The topological polar surface area (TPSA) is 101 Å². The van der Waals surface area contributed by atoms with Crippen LogP contribution >= 0.6 is 0 Å². The van der Waals surface area contributed by atoms with Crippen molar-refractivity contribution < 1.29 is 14.2 Å². The minimum Gasteiger partial charge on any atom is -0.391 e. The molecule has 4 rings (SSSR count). The summed E-state index contributed by atoms with van der Waals surface area (Å²) in [5.41, 5.74) is 2.09. The molecule has 8 nitrogen and oxygen atoms in total. The molecule has 0 radical (unpaired) electrons. The second kappa shape index (κ2) is 5.55. The number of β-amino-alcohol motifs (C(OH)–C–C–N with tert-alkyl or cyclic N) is 1. The van der Waals surface area contributed by atoms with Crippen molar-refractivity contribution in [3.63, 3.8) is 0 Å². The monoisotopic (exact) mass is 329 g/mol. The molecule has 3 aromatic rings. The van der Waals surface area contributed by atoms with E-state index in [0.29, 0.717) is 31.0 Å². The Morgan fingerprint density at radius 3 is 2.75 bits per heavy atom. The van der Waals surface area contributed by atoms with Gasteiger partial charge in [-0.2, -0.15) is 4.98 Å². The Morgan fingerprint density at radius 2 is 2.00 bits per heavy atom. The van der Waals surface area contributed by atoms with Crippen LogP contribution in [0.5, 0.6) is 0 Å². The van der Waals surface area contributed by atoms with Gasteiger partial charge in [0.2, 0.25) is 0 Å². The molecular formula is C16H19N5O3. The van der Waals surface area contributed by atoms with Crippen molar-refractivity contribution in [2.24, 2.45) is 5.92 Å². The maximum atomic E-state index is 10.5. The third-order valence-corrected chi connectivity index (χ3v) is 4.45. The fourth-order valence-electron chi connectivity index (χ4n) is 3.30. The first kappa shape index (κ1) is 15.1. The van der Waals surface area contributed by atoms with Gasteiger partial charge < -0.3 is 19.1 Å². The van der Waals surface area contributed by atoms with Gasteiger partial charge in [0, 0.05) is 31.5 Å². The summed E-state index contributed by atoms with van der Waals surface area (Å²) in [4.78, 5) is 10.9. The highest BCUT2D eigenvalue weighted by atomic mass is 16.5. The number of fused-ring (bicyclic) bond motifs is 1. The van der Waals surface area contributed by atoms with Gasteiger partial charge in [-0.05, 0) is 20.8 Å². The molecular weight excluding hydrogens is 310 g/mol. The van der Waals surface area contributed by atoms with E-state index < -0.39 is 6.10 Å². The molecule has 0 aliphatic carbocycles. The molecule has 0 unspecified atom stereocenters. The summed E-state index contributed by atoms with van der Waals surface area (Å²) in [5, 5.41) is 19.2. The molecule has 1 aliphatic rings. The van der Waals surface area contributed by atoms with Crippen molar-refractivity contribution in [1.29, 1.82) is 0 Å². The van der Waals surface area contributed by atoms with Gasteiger partial charge in [-0.15, -0.1) is 0 Å². The number of rotatable bonds is 3. The molecule has 8 heteroatoms. The Kier molecular flexibility index (Phi) is 3.49. The molecule has 1 N–H and O–H groups in total. The third kappa shape index (κ3) is 2.52. The van der Waals surface area contributed by atoms with Crippen molar-refractivity contribution in [1.82, 2.24) is 20.3 Å². The van der Waals surface area contributed by atoms with Crippen LogP contribution in [0, 0.1) is 26.7 Å². The summed E-state index contributed by atoms with van der Waals surface area (Å²) in [6, 6.07) is 1.91. The average Bonchev–Trinajstić information content (AvgIpc) is 3.20. The lowest BCUT2D eigenvalue weighted by atomic mass is 10.0. The van der Waals surface area contributed by atoms with Crippen LogP contribution in [0.1, 0.15) is 23.0 Å². The maximum absolute atomic E-state index is 10.5. The minimum absolute atomic E-state index is 0.0582. The summed E-state index contributed by atoms with van der Waals surface area (Å²) >= 11 is 0. The number of aliphatic hydroxyl groups excluding tert-OH is 1. The summed E-state index contributed by atoms with van der Waals surface area (Å²) in [7, 11) is 0. The van der Waals surface area contributed by atoms with Gasteiger partial charge in [-0.1, -0.05) is 10.3 Å². The van der Waals surface area contributed by atoms with E-state index in [1.807, 2.05) is 26.8 Å². The summed E-state index contributed by atoms with van der Waals surface area (Å²) in [5.74, 6) is 2.25. The smallest absolute Gasteiger partial charge is 0.263 e. The van der Waals surface area contributed by atoms with E-state index >= 15 is 0 Å². The zero-order valence-corrected chi connectivity index (χ0v) is 13.9. The Hall–Kier alpha value is -2.48. The van der Waals surface area contributed by atoms with Gasteiger partial charge >= 0.3 is 0 Å². The molecule has 0 saturated carbocycles. The number of aromatic nitrogens is 4. The van der Waals surface area contributed by atoms with Crippen molar-refractivity contribution >= 4 is 16.9 Å². The zero-order chi connectivity index (χ0) is 16.8. The SMILES string of the molecule is Cc1cc(C[C@@H]2CN(c3nc(C)nc4onc(C)c34)C[C@@H]2O)on1. The van der Waals surface area contributed by atoms with E-state index in [4.69, 9.17) is 9.05 Å². The molecule has 0 aromatic carbocycles. The molecule has 0 bridgehead atoms. The summed E-state index contributed by atoms with van der Waals surface area (Å²) < 4.78 is 10.5. The normalized spacial score (nSPS) is 21.1. The van der Waals surface area contributed by atoms with Gasteiger partial charge in [0.1, 0.15) is 22.8 Å². The molecule has 1 fully saturated rings. The first-order chi connectivity index (χ1) is 11.5. The summed E-state index contributed by atoms with van der Waals surface area (Å²) in [6.45, 7) is 6.77. The number of aryl methyl sites for hydroxylation is 3. The predicted molar refractivity (Wildman–Crippen MR) is 85.7 cm³/mol. The van der Waals surface area contributed by atoms with Crippen LogP contribution in [0.4, 0.5) is 5.82 Å². The quantitative estimate of drug-likeness (QED) is 0.772. The second-order valence-corrected chi connectivity index (χ2v) is 6.41. The first-order valence-corrected chi connectivity index (χ1v) is 7.97. The van der Waals surface area contributed by atoms with Gasteiger partial charge in [-0.3, -0.25) is 0 Å². The van der Waals surface area contributed by atoms with Crippen molar-refractivity contribution in [2.75, 3.05) is 18.0 Å². The number of aliphatic hydroxyl groups is 1. The van der Waals surface area contributed by atoms with Gasteiger partial charge in [0.15, 0.2) is 0 Å². The fourth-order valence-corrected chi connectivity index (χ4v) is 3.30. The van der Waals surface area contributed by atoms with Crippen molar-refractivity contribution in [3.05, 3.63) is 29.0 Å². The summed E-state index contributed by atoms with van der Waals surface area (Å²) in [6.07, 6.45) is 0.190. The Morgan fingerprint density at radius 1 is 1.17 bits per heavy atom. The Bertz CT molecular complexity index is 887. The van der Waals surface area contributed by atoms with Gasteiger partial charge in [0.25, 0.3) is 5.71 Å². The molecule has 126 valence electrons. The number of hydrogen-bond donors (Lipinski definition) is 1. The van der Waals surface area contributed by atoms with Crippen LogP contribution in [0.15, 0.2) is 15.1 Å². The molecule has 0 spiro atoms. The van der Waals surface area contributed by atoms with Gasteiger partial charge in [0.05, 0.1) is 17.5 Å². The van der Waals surface area contributed by atoms with Crippen LogP contribution in [-0.2, 0) is 6.42 Å². The van der Waals surface area contributed by atoms with E-state index in [-0.39, 0.29) is 5.92 Å². The molecule has 1 aliphatic heterocycles. The molecule has 24 heavy (non-hydrogen) atoms. The number of hydrogen-bond acceptors (Lipinski definition) is 8. The lowest BCUT2D eigenvalue weighted by Gasteiger charge is -2.18. The Labute approximate surface area is 138 Å². The van der Waals surface area contributed by atoms with E-state index in [1.54, 1.807) is 0 Å². The lowest BCUT2D eigenvalue weighted by molar-refractivity contribution is 0.143. The average molecular weight is 329 g/mol. The van der Waals surface area contributed by atoms with E-state index in [0.717, 1.165) is 28.4 Å². The first-order valence-electron chi connectivity index (χ1n) is 7.97. The van der Waals surface area contributed by atoms with Crippen LogP contribution in [-0.4, -0.2) is 44.6 Å². The zero-order valence-electron chi connectivity index (χ0n) is 13.9. The van der Waals surface area contributed by atoms with Gasteiger partial charge in [-0.25, -0.2) is 4.98 Å². The fraction of sp³-hybridized carbons (Fsp3) is 0.500. The van der Waals surface area contributed by atoms with E-state index in [9.17, 15) is 5.11 Å². The highest BCUT2D eigenvalue weighted by Crippen LogP contribution is 2.32. The standard InChI is InChI=1S/C16H19N5O3/c1-8-4-12(23-19-8)5-11-6-21(7-13(11)22)15-14-9(2)20-24-16(14)18-10(3)17-15/h4,11,13,22H,5-7H2,1-3H3/t11-,13+/m1/s1. The largest absolute Gasteiger partial charge is 0.391 e. The molecule has 1 saturated heterocycles. The van der Waals surface area contributed by atoms with Crippen LogP contribution < -0.4 is 4.90 Å². The third-order valence-electron chi connectivity index (χ3n) is 4.45. The van der Waals surface area contributed by atoms with E-state index in [2.05, 4.69) is 25.2 Å². The molecule has 4 heterocycles. The molecule has 3 aromatic heterocycles. The van der Waals surface area contributed by atoms with Crippen LogP contribution in [0.2, 0.25) is 0 Å².